The van der Waals surface area contributed by atoms with Crippen molar-refractivity contribution in [2.24, 2.45) is 0 Å². The van der Waals surface area contributed by atoms with Crippen molar-refractivity contribution in [3.05, 3.63) is 27.7 Å². The molecular weight excluding hydrogens is 322 g/mol. The maximum atomic E-state index is 12.1. The lowest BCUT2D eigenvalue weighted by Gasteiger charge is -2.26. The summed E-state index contributed by atoms with van der Waals surface area (Å²) in [5.41, 5.74) is 2.45. The second-order valence-electron chi connectivity index (χ2n) is 5.10. The van der Waals surface area contributed by atoms with Crippen LogP contribution in [0.25, 0.3) is 0 Å². The predicted octanol–water partition coefficient (Wildman–Crippen LogP) is 4.17. The Hall–Kier alpha value is -0.480. The van der Waals surface area contributed by atoms with Crippen LogP contribution >= 0.6 is 27.7 Å². The largest absolute Gasteiger partial charge is 0.342 e. The number of benzene rings is 1. The number of nitrogens with zero attached hydrogens (tertiary/aromatic N) is 1. The molecule has 1 aromatic carbocycles. The first kappa shape index (κ1) is 14.9. The molecule has 1 aliphatic heterocycles. The minimum Gasteiger partial charge on any atom is -0.342 e. The zero-order chi connectivity index (χ0) is 13.8. The van der Waals surface area contributed by atoms with Crippen molar-refractivity contribution in [3.63, 3.8) is 0 Å². The molecule has 1 amide bonds. The Bertz CT molecular complexity index is 469. The Morgan fingerprint density at radius 3 is 2.58 bits per heavy atom. The lowest BCUT2D eigenvalue weighted by Crippen LogP contribution is -2.36. The maximum Gasteiger partial charge on any atom is 0.232 e. The van der Waals surface area contributed by atoms with Crippen molar-refractivity contribution in [3.8, 4) is 0 Å². The van der Waals surface area contributed by atoms with Crippen LogP contribution in [0.2, 0.25) is 0 Å². The highest BCUT2D eigenvalue weighted by Gasteiger charge is 2.16. The molecule has 0 saturated carbocycles. The number of likely N-dealkylation sites (tertiary alicyclic amines) is 1. The van der Waals surface area contributed by atoms with Gasteiger partial charge in [0.05, 0.1) is 5.75 Å². The van der Waals surface area contributed by atoms with E-state index in [-0.39, 0.29) is 5.91 Å². The van der Waals surface area contributed by atoms with E-state index in [1.54, 1.807) is 11.8 Å². The van der Waals surface area contributed by atoms with Gasteiger partial charge in [-0.1, -0.05) is 15.9 Å². The van der Waals surface area contributed by atoms with Gasteiger partial charge in [-0.05, 0) is 56.4 Å². The summed E-state index contributed by atoms with van der Waals surface area (Å²) >= 11 is 5.20. The van der Waals surface area contributed by atoms with Crippen molar-refractivity contribution in [1.82, 2.24) is 4.90 Å². The molecule has 1 heterocycles. The first-order valence-corrected chi connectivity index (χ1v) is 8.53. The van der Waals surface area contributed by atoms with E-state index in [9.17, 15) is 4.79 Å². The Balaban J connectivity index is 1.94. The Morgan fingerprint density at radius 1 is 1.21 bits per heavy atom. The van der Waals surface area contributed by atoms with Crippen LogP contribution in [0.3, 0.4) is 0 Å². The van der Waals surface area contributed by atoms with Gasteiger partial charge < -0.3 is 4.90 Å². The van der Waals surface area contributed by atoms with Crippen LogP contribution in [0.1, 0.15) is 30.4 Å². The highest BCUT2D eigenvalue weighted by Crippen LogP contribution is 2.28. The Morgan fingerprint density at radius 2 is 1.89 bits per heavy atom. The van der Waals surface area contributed by atoms with Gasteiger partial charge >= 0.3 is 0 Å². The summed E-state index contributed by atoms with van der Waals surface area (Å²) < 4.78 is 1.14. The normalized spacial score (nSPS) is 15.6. The van der Waals surface area contributed by atoms with Gasteiger partial charge in [-0.2, -0.15) is 0 Å². The van der Waals surface area contributed by atoms with Gasteiger partial charge in [-0.25, -0.2) is 0 Å². The summed E-state index contributed by atoms with van der Waals surface area (Å²) in [6.45, 7) is 6.06. The van der Waals surface area contributed by atoms with Gasteiger partial charge in [-0.15, -0.1) is 11.8 Å². The number of hydrogen-bond acceptors (Lipinski definition) is 2. The quantitative estimate of drug-likeness (QED) is 0.769. The number of aryl methyl sites for hydroxylation is 2. The molecule has 0 unspecified atom stereocenters. The van der Waals surface area contributed by atoms with Crippen LogP contribution in [0.15, 0.2) is 21.5 Å². The fraction of sp³-hybridized carbons (Fsp3) is 0.533. The molecule has 104 valence electrons. The molecule has 0 bridgehead atoms. The molecule has 1 fully saturated rings. The number of halogens is 1. The van der Waals surface area contributed by atoms with Gasteiger partial charge in [0.25, 0.3) is 0 Å². The molecule has 1 aromatic rings. The minimum atomic E-state index is 0.282. The van der Waals surface area contributed by atoms with E-state index in [1.807, 2.05) is 4.90 Å². The first-order valence-electron chi connectivity index (χ1n) is 6.75. The maximum absolute atomic E-state index is 12.1. The fourth-order valence-corrected chi connectivity index (χ4v) is 3.75. The average Bonchev–Trinajstić information content (AvgIpc) is 2.42. The molecule has 0 spiro atoms. The molecule has 1 saturated heterocycles. The summed E-state index contributed by atoms with van der Waals surface area (Å²) in [6, 6.07) is 4.29. The lowest BCUT2D eigenvalue weighted by molar-refractivity contribution is -0.129. The first-order chi connectivity index (χ1) is 9.08. The number of carbonyl (C=O) groups excluding carboxylic acids is 1. The van der Waals surface area contributed by atoms with Crippen molar-refractivity contribution >= 4 is 33.6 Å². The van der Waals surface area contributed by atoms with Crippen LogP contribution < -0.4 is 0 Å². The number of thioether (sulfide) groups is 1. The van der Waals surface area contributed by atoms with Gasteiger partial charge in [0.15, 0.2) is 0 Å². The number of hydrogen-bond donors (Lipinski definition) is 0. The zero-order valence-corrected chi connectivity index (χ0v) is 13.9. The number of piperidine rings is 1. The molecule has 4 heteroatoms. The molecule has 0 atom stereocenters. The zero-order valence-electron chi connectivity index (χ0n) is 11.5. The van der Waals surface area contributed by atoms with Crippen LogP contribution in [0, 0.1) is 13.8 Å². The van der Waals surface area contributed by atoms with Crippen LogP contribution in [0.5, 0.6) is 0 Å². The van der Waals surface area contributed by atoms with E-state index < -0.39 is 0 Å². The second kappa shape index (κ2) is 6.80. The topological polar surface area (TPSA) is 20.3 Å². The van der Waals surface area contributed by atoms with Crippen molar-refractivity contribution in [2.75, 3.05) is 18.8 Å². The van der Waals surface area contributed by atoms with Gasteiger partial charge in [0.2, 0.25) is 5.91 Å². The van der Waals surface area contributed by atoms with Crippen LogP contribution in [-0.4, -0.2) is 29.6 Å². The van der Waals surface area contributed by atoms with Crippen molar-refractivity contribution in [1.29, 1.82) is 0 Å². The van der Waals surface area contributed by atoms with Crippen LogP contribution in [-0.2, 0) is 4.79 Å². The molecule has 19 heavy (non-hydrogen) atoms. The molecule has 0 aliphatic carbocycles. The monoisotopic (exact) mass is 341 g/mol. The van der Waals surface area contributed by atoms with E-state index in [1.165, 1.54) is 22.4 Å². The van der Waals surface area contributed by atoms with E-state index >= 15 is 0 Å². The van der Waals surface area contributed by atoms with E-state index in [0.29, 0.717) is 5.75 Å². The van der Waals surface area contributed by atoms with E-state index in [2.05, 4.69) is 41.9 Å². The third kappa shape index (κ3) is 3.99. The average molecular weight is 342 g/mol. The number of amides is 1. The highest BCUT2D eigenvalue weighted by molar-refractivity contribution is 9.10. The number of carbonyl (C=O) groups is 1. The third-order valence-electron chi connectivity index (χ3n) is 3.52. The Kier molecular flexibility index (Phi) is 5.34. The summed E-state index contributed by atoms with van der Waals surface area (Å²) in [5, 5.41) is 0. The molecule has 2 rings (SSSR count). The minimum absolute atomic E-state index is 0.282. The summed E-state index contributed by atoms with van der Waals surface area (Å²) in [6.07, 6.45) is 3.58. The van der Waals surface area contributed by atoms with E-state index in [4.69, 9.17) is 0 Å². The SMILES string of the molecule is Cc1cc(SCC(=O)N2CCCCC2)c(C)cc1Br. The fourth-order valence-electron chi connectivity index (χ4n) is 2.28. The predicted molar refractivity (Wildman–Crippen MR) is 84.8 cm³/mol. The summed E-state index contributed by atoms with van der Waals surface area (Å²) in [7, 11) is 0. The van der Waals surface area contributed by atoms with Gasteiger partial charge in [0.1, 0.15) is 0 Å². The second-order valence-corrected chi connectivity index (χ2v) is 6.97. The smallest absolute Gasteiger partial charge is 0.232 e. The lowest BCUT2D eigenvalue weighted by atomic mass is 10.1. The standard InChI is InChI=1S/C15H20BrNOS/c1-11-9-14(12(2)8-13(11)16)19-10-15(18)17-6-4-3-5-7-17/h8-9H,3-7,10H2,1-2H3. The molecule has 0 aromatic heterocycles. The van der Waals surface area contributed by atoms with Crippen molar-refractivity contribution < 1.29 is 4.79 Å². The number of rotatable bonds is 3. The third-order valence-corrected chi connectivity index (χ3v) is 5.51. The van der Waals surface area contributed by atoms with Crippen LogP contribution in [0.4, 0.5) is 0 Å². The molecule has 1 aliphatic rings. The summed E-state index contributed by atoms with van der Waals surface area (Å²) in [5.74, 6) is 0.840. The van der Waals surface area contributed by atoms with Crippen molar-refractivity contribution in [2.45, 2.75) is 38.0 Å². The Labute approximate surface area is 128 Å². The van der Waals surface area contributed by atoms with Gasteiger partial charge in [0, 0.05) is 22.5 Å². The summed E-state index contributed by atoms with van der Waals surface area (Å²) in [4.78, 5) is 15.4. The highest BCUT2D eigenvalue weighted by atomic mass is 79.9. The molecule has 0 N–H and O–H groups in total. The van der Waals surface area contributed by atoms with Gasteiger partial charge in [-0.3, -0.25) is 4.79 Å². The molecular formula is C15H20BrNOS. The van der Waals surface area contributed by atoms with E-state index in [0.717, 1.165) is 30.4 Å². The molecule has 2 nitrogen and oxygen atoms in total. The molecule has 0 radical (unpaired) electrons.